The first kappa shape index (κ1) is 11.5. The standard InChI is InChI=1S/C17H19N/c1-12-6-4-8-14-10-18(3)11-15-9-5-7-13(2)17(15)16(12)14/h4-9H,10-11H2,1-3H3. The molecule has 1 heterocycles. The van der Waals surface area contributed by atoms with Gasteiger partial charge in [0.1, 0.15) is 0 Å². The number of fused-ring (bicyclic) bond motifs is 3. The molecule has 0 saturated heterocycles. The van der Waals surface area contributed by atoms with Crippen molar-refractivity contribution < 1.29 is 0 Å². The van der Waals surface area contributed by atoms with Gasteiger partial charge < -0.3 is 0 Å². The van der Waals surface area contributed by atoms with E-state index in [1.54, 1.807) is 0 Å². The lowest BCUT2D eigenvalue weighted by molar-refractivity contribution is 0.323. The van der Waals surface area contributed by atoms with Crippen molar-refractivity contribution in [2.45, 2.75) is 26.9 Å². The van der Waals surface area contributed by atoms with E-state index in [0.717, 1.165) is 13.1 Å². The molecule has 2 aromatic carbocycles. The predicted molar refractivity (Wildman–Crippen MR) is 76.5 cm³/mol. The maximum absolute atomic E-state index is 2.39. The van der Waals surface area contributed by atoms with E-state index in [9.17, 15) is 0 Å². The highest BCUT2D eigenvalue weighted by molar-refractivity contribution is 5.77. The second-order valence-electron chi connectivity index (χ2n) is 5.39. The van der Waals surface area contributed by atoms with Crippen LogP contribution < -0.4 is 0 Å². The quantitative estimate of drug-likeness (QED) is 0.671. The van der Waals surface area contributed by atoms with Crippen LogP contribution in [0, 0.1) is 13.8 Å². The van der Waals surface area contributed by atoms with E-state index in [1.165, 1.54) is 33.4 Å². The summed E-state index contributed by atoms with van der Waals surface area (Å²) in [6.07, 6.45) is 0. The van der Waals surface area contributed by atoms with Crippen LogP contribution in [0.25, 0.3) is 11.1 Å². The Morgan fingerprint density at radius 3 is 1.67 bits per heavy atom. The lowest BCUT2D eigenvalue weighted by Crippen LogP contribution is -2.15. The average Bonchev–Trinajstić information content (AvgIpc) is 2.46. The van der Waals surface area contributed by atoms with Gasteiger partial charge in [-0.3, -0.25) is 4.90 Å². The number of rotatable bonds is 0. The van der Waals surface area contributed by atoms with Crippen molar-refractivity contribution in [1.29, 1.82) is 0 Å². The minimum absolute atomic E-state index is 1.03. The maximum atomic E-state index is 2.39. The van der Waals surface area contributed by atoms with Crippen molar-refractivity contribution in [3.8, 4) is 11.1 Å². The summed E-state index contributed by atoms with van der Waals surface area (Å²) in [7, 11) is 2.20. The number of hydrogen-bond acceptors (Lipinski definition) is 1. The third-order valence-electron chi connectivity index (χ3n) is 3.85. The van der Waals surface area contributed by atoms with Gasteiger partial charge in [0.15, 0.2) is 0 Å². The van der Waals surface area contributed by atoms with Crippen LogP contribution in [-0.4, -0.2) is 11.9 Å². The van der Waals surface area contributed by atoms with Gasteiger partial charge in [0.25, 0.3) is 0 Å². The van der Waals surface area contributed by atoms with Crippen LogP contribution in [0.4, 0.5) is 0 Å². The molecule has 2 aromatic rings. The molecule has 0 aromatic heterocycles. The number of hydrogen-bond donors (Lipinski definition) is 0. The first-order valence-electron chi connectivity index (χ1n) is 6.52. The van der Waals surface area contributed by atoms with Gasteiger partial charge in [0, 0.05) is 13.1 Å². The van der Waals surface area contributed by atoms with Crippen LogP contribution in [0.3, 0.4) is 0 Å². The zero-order valence-corrected chi connectivity index (χ0v) is 11.3. The van der Waals surface area contributed by atoms with Crippen molar-refractivity contribution in [3.05, 3.63) is 58.7 Å². The molecule has 0 atom stereocenters. The molecule has 1 aliphatic rings. The van der Waals surface area contributed by atoms with Crippen LogP contribution in [0.15, 0.2) is 36.4 Å². The Labute approximate surface area is 109 Å². The highest BCUT2D eigenvalue weighted by atomic mass is 15.1. The molecular weight excluding hydrogens is 218 g/mol. The fraction of sp³-hybridized carbons (Fsp3) is 0.294. The molecule has 1 heteroatoms. The summed E-state index contributed by atoms with van der Waals surface area (Å²) in [6, 6.07) is 13.3. The summed E-state index contributed by atoms with van der Waals surface area (Å²) >= 11 is 0. The second kappa shape index (κ2) is 4.25. The number of aryl methyl sites for hydroxylation is 2. The monoisotopic (exact) mass is 237 g/mol. The van der Waals surface area contributed by atoms with Gasteiger partial charge in [-0.2, -0.15) is 0 Å². The van der Waals surface area contributed by atoms with Crippen molar-refractivity contribution in [3.63, 3.8) is 0 Å². The fourth-order valence-corrected chi connectivity index (χ4v) is 3.07. The molecule has 0 saturated carbocycles. The second-order valence-corrected chi connectivity index (χ2v) is 5.39. The molecular formula is C17H19N. The topological polar surface area (TPSA) is 3.24 Å². The van der Waals surface area contributed by atoms with Gasteiger partial charge in [0.05, 0.1) is 0 Å². The molecule has 0 radical (unpaired) electrons. The lowest BCUT2D eigenvalue weighted by atomic mass is 9.90. The molecule has 0 spiro atoms. The van der Waals surface area contributed by atoms with Gasteiger partial charge in [-0.15, -0.1) is 0 Å². The third-order valence-corrected chi connectivity index (χ3v) is 3.85. The van der Waals surface area contributed by atoms with Gasteiger partial charge in [-0.25, -0.2) is 0 Å². The van der Waals surface area contributed by atoms with E-state index >= 15 is 0 Å². The first-order chi connectivity index (χ1) is 8.66. The minimum Gasteiger partial charge on any atom is -0.298 e. The number of benzene rings is 2. The van der Waals surface area contributed by atoms with E-state index in [4.69, 9.17) is 0 Å². The largest absolute Gasteiger partial charge is 0.298 e. The van der Waals surface area contributed by atoms with E-state index < -0.39 is 0 Å². The average molecular weight is 237 g/mol. The van der Waals surface area contributed by atoms with Crippen LogP contribution in [0.1, 0.15) is 22.3 Å². The lowest BCUT2D eigenvalue weighted by Gasteiger charge is -2.14. The van der Waals surface area contributed by atoms with Gasteiger partial charge >= 0.3 is 0 Å². The molecule has 92 valence electrons. The van der Waals surface area contributed by atoms with E-state index in [2.05, 4.69) is 62.2 Å². The minimum atomic E-state index is 1.03. The molecule has 0 N–H and O–H groups in total. The summed E-state index contributed by atoms with van der Waals surface area (Å²) in [5.74, 6) is 0. The smallest absolute Gasteiger partial charge is 0.0240 e. The van der Waals surface area contributed by atoms with Gasteiger partial charge in [-0.1, -0.05) is 36.4 Å². The molecule has 0 unspecified atom stereocenters. The van der Waals surface area contributed by atoms with Crippen molar-refractivity contribution in [1.82, 2.24) is 4.90 Å². The van der Waals surface area contributed by atoms with Crippen LogP contribution in [0.2, 0.25) is 0 Å². The Bertz CT molecular complexity index is 545. The molecule has 18 heavy (non-hydrogen) atoms. The predicted octanol–water partition coefficient (Wildman–Crippen LogP) is 3.92. The number of nitrogens with zero attached hydrogens (tertiary/aromatic N) is 1. The van der Waals surface area contributed by atoms with Crippen molar-refractivity contribution in [2.24, 2.45) is 0 Å². The molecule has 0 amide bonds. The van der Waals surface area contributed by atoms with Gasteiger partial charge in [0.2, 0.25) is 0 Å². The Morgan fingerprint density at radius 1 is 0.778 bits per heavy atom. The van der Waals surface area contributed by atoms with Gasteiger partial charge in [-0.05, 0) is 54.3 Å². The first-order valence-corrected chi connectivity index (χ1v) is 6.52. The van der Waals surface area contributed by atoms with Crippen LogP contribution in [-0.2, 0) is 13.1 Å². The Morgan fingerprint density at radius 2 is 1.22 bits per heavy atom. The third kappa shape index (κ3) is 1.75. The summed E-state index contributed by atoms with van der Waals surface area (Å²) in [6.45, 7) is 6.51. The summed E-state index contributed by atoms with van der Waals surface area (Å²) in [5, 5.41) is 0. The Kier molecular flexibility index (Phi) is 2.71. The molecule has 3 rings (SSSR count). The molecule has 1 nitrogen and oxygen atoms in total. The zero-order chi connectivity index (χ0) is 12.7. The SMILES string of the molecule is Cc1cccc2c1-c1c(C)cccc1CN(C)C2. The van der Waals surface area contributed by atoms with Crippen LogP contribution >= 0.6 is 0 Å². The summed E-state index contributed by atoms with van der Waals surface area (Å²) in [4.78, 5) is 2.39. The van der Waals surface area contributed by atoms with E-state index in [1.807, 2.05) is 0 Å². The van der Waals surface area contributed by atoms with Crippen LogP contribution in [0.5, 0.6) is 0 Å². The van der Waals surface area contributed by atoms with Crippen molar-refractivity contribution in [2.75, 3.05) is 7.05 Å². The van der Waals surface area contributed by atoms with E-state index in [0.29, 0.717) is 0 Å². The Balaban J connectivity index is 2.37. The normalized spacial score (nSPS) is 14.8. The molecule has 0 aliphatic carbocycles. The highest BCUT2D eigenvalue weighted by Gasteiger charge is 2.19. The molecule has 0 fully saturated rings. The molecule has 1 aliphatic heterocycles. The fourth-order valence-electron chi connectivity index (χ4n) is 3.07. The van der Waals surface area contributed by atoms with Crippen molar-refractivity contribution >= 4 is 0 Å². The Hall–Kier alpha value is -1.60. The summed E-state index contributed by atoms with van der Waals surface area (Å²) in [5.41, 5.74) is 8.58. The van der Waals surface area contributed by atoms with E-state index in [-0.39, 0.29) is 0 Å². The molecule has 0 bridgehead atoms. The zero-order valence-electron chi connectivity index (χ0n) is 11.3. The summed E-state index contributed by atoms with van der Waals surface area (Å²) < 4.78 is 0. The highest BCUT2D eigenvalue weighted by Crippen LogP contribution is 2.36. The maximum Gasteiger partial charge on any atom is 0.0240 e.